The van der Waals surface area contributed by atoms with Gasteiger partial charge in [-0.1, -0.05) is 248 Å². The maximum absolute atomic E-state index is 10.3. The standard InChI is InChI=1S/C37H62N6O7Si.C25H35Cl3N4O5.C14H29N3O3Si.CH2Cl2.2CO2.CH4/c1-13-27-21(3)22(4)29(40-42-38)34(46-27)48-31-24(6)33(44-20-26-18-16-15-17-19-26)36(45-25(31)7)49-32-23(5)30(41-43-39)35(47-28(32)14-2)50-51(11,12)37(8,9)10;1-6-18-13(2)14(3)19(31-32-30)22(35-18)36-20-15(4)21(33-12-17-10-8-7-9-11-17)23(34-16(20)5)37-24(29)25(26,27)28;1-8-10-12(18)9(2)11(16-17-15)13(19-10)20-21(6,7)14(3,4)5;3*2-1-3;/h15-19,21-25,27-36H,13-14,20H2,1-12H3;7-11,13-16,18-23,29H,6,12H2,1-5H3;9-13,18H,8H2,1-7H3;1H2;;;1H4/t21-,22-,23+,24-,25?,27?,28?,29?,30?,31-,32-,33?,34+,35-,36-;13-,14-,15-,16?,18?,19?,20-,21?,22+,23?;9-,10?,11?,12+,13+;;;;/m001..../s1. The summed E-state index contributed by atoms with van der Waals surface area (Å²) in [5.74, 6) is -0.978. The van der Waals surface area contributed by atoms with Crippen LogP contribution in [0.4, 0.5) is 0 Å². The summed E-state index contributed by atoms with van der Waals surface area (Å²) in [5.41, 5.74) is 39.1. The summed E-state index contributed by atoms with van der Waals surface area (Å²) in [7, 11) is -4.32. The molecule has 6 aliphatic rings. The number of nitrogens with one attached hydrogen (secondary N) is 1. The zero-order chi connectivity index (χ0) is 89.5. The fourth-order valence-corrected chi connectivity index (χ4v) is 17.0. The molecule has 39 heteroatoms. The molecule has 2 N–H and O–H groups in total. The minimum Gasteiger partial charge on any atom is -0.445 e. The van der Waals surface area contributed by atoms with Crippen LogP contribution in [0, 0.1) is 52.8 Å². The first kappa shape index (κ1) is 110. The van der Waals surface area contributed by atoms with Crippen LogP contribution < -0.4 is 0 Å². The molecule has 0 saturated carbocycles. The summed E-state index contributed by atoms with van der Waals surface area (Å²) in [6.07, 6.45) is -5.95. The summed E-state index contributed by atoms with van der Waals surface area (Å²) in [6, 6.07) is 17.5. The molecular formula is C80H132Cl5N13O19Si2. The molecular weight excluding hydrogens is 1680 g/mol. The molecule has 0 aromatic heterocycles. The molecule has 32 nitrogen and oxygen atoms in total. The minimum atomic E-state index is -2.27. The van der Waals surface area contributed by atoms with Crippen molar-refractivity contribution >= 4 is 92.8 Å². The second-order valence-corrected chi connectivity index (χ2v) is 46.3. The van der Waals surface area contributed by atoms with Gasteiger partial charge in [0.25, 0.3) is 3.79 Å². The van der Waals surface area contributed by atoms with Crippen LogP contribution >= 0.6 is 58.0 Å². The Kier molecular flexibility index (Phi) is 48.4. The van der Waals surface area contributed by atoms with Crippen molar-refractivity contribution in [2.75, 3.05) is 5.34 Å². The van der Waals surface area contributed by atoms with Crippen molar-refractivity contribution < 1.29 is 90.0 Å². The van der Waals surface area contributed by atoms with E-state index in [0.29, 0.717) is 19.4 Å². The lowest BCUT2D eigenvalue weighted by atomic mass is 9.81. The Hall–Kier alpha value is -4.77. The molecule has 6 saturated heterocycles. The van der Waals surface area contributed by atoms with E-state index in [-0.39, 0.29) is 114 Å². The van der Waals surface area contributed by atoms with Crippen LogP contribution in [0.15, 0.2) is 81.1 Å². The Morgan fingerprint density at radius 3 is 1.08 bits per heavy atom. The van der Waals surface area contributed by atoms with Crippen LogP contribution in [0.3, 0.4) is 0 Å². The lowest BCUT2D eigenvalue weighted by molar-refractivity contribution is -0.351. The maximum atomic E-state index is 10.3. The molecule has 6 aliphatic heterocycles. The second-order valence-electron chi connectivity index (χ2n) is 33.7. The number of halogens is 5. The van der Waals surface area contributed by atoms with Gasteiger partial charge in [0.15, 0.2) is 48.1 Å². The SMILES string of the molecule is C.CCC1O[C@@H](O[Si](C)(C)C(C)(C)C)C(N=[N+]=[N-])[C@@H](C)[C@@H]1O.CCC1O[C@H](O[C@@H]2C(C)OC(OC(=N)C(Cl)(Cl)Cl)C(OCc3ccccc3)[C@H]2C)C(N=[N+]=[N-])[C@@H](C)[C@@H]1C.CCC1O[C@H](O[C@@H]2C(C)O[C@@H](O[C@@H]3C(CC)O[C@@H](O[Si](C)(C)C(C)(C)C)C(N=[N+]=[N-])[C@H]3C)C(OCc3ccccc3)[C@H]2C)C(N=[N+]=[N-])[C@@H](C)[C@@H]1C.ClCCl.O=C=O.O=C=O. The Morgan fingerprint density at radius 2 is 0.756 bits per heavy atom. The van der Waals surface area contributed by atoms with Gasteiger partial charge in [-0.25, -0.2) is 0 Å². The maximum Gasteiger partial charge on any atom is 0.373 e. The highest BCUT2D eigenvalue weighted by molar-refractivity contribution is 6.76. The van der Waals surface area contributed by atoms with Gasteiger partial charge < -0.3 is 70.8 Å². The van der Waals surface area contributed by atoms with Gasteiger partial charge in [0.05, 0.1) is 104 Å². The normalized spacial score (nSPS) is 34.4. The highest BCUT2D eigenvalue weighted by Gasteiger charge is 2.55. The van der Waals surface area contributed by atoms with Gasteiger partial charge in [0.2, 0.25) is 12.2 Å². The van der Waals surface area contributed by atoms with Crippen molar-refractivity contribution in [2.45, 2.75) is 360 Å². The smallest absolute Gasteiger partial charge is 0.373 e. The Morgan fingerprint density at radius 1 is 0.454 bits per heavy atom. The van der Waals surface area contributed by atoms with Crippen LogP contribution in [0.5, 0.6) is 0 Å². The molecule has 0 spiro atoms. The fourth-order valence-electron chi connectivity index (χ4n) is 14.6. The van der Waals surface area contributed by atoms with E-state index in [1.807, 2.05) is 109 Å². The quantitative estimate of drug-likeness (QED) is 0.0177. The number of nitrogens with zero attached hydrogens (tertiary/aromatic N) is 12. The summed E-state index contributed by atoms with van der Waals surface area (Å²) >= 11 is 27.1. The molecule has 119 heavy (non-hydrogen) atoms. The molecule has 6 fully saturated rings. The van der Waals surface area contributed by atoms with Crippen molar-refractivity contribution in [3.8, 4) is 0 Å². The molecule has 2 aromatic rings. The van der Waals surface area contributed by atoms with Crippen molar-refractivity contribution in [3.05, 3.63) is 114 Å². The van der Waals surface area contributed by atoms with Gasteiger partial charge in [0, 0.05) is 31.5 Å². The van der Waals surface area contributed by atoms with Crippen LogP contribution in [-0.4, -0.2) is 184 Å². The highest BCUT2D eigenvalue weighted by Crippen LogP contribution is 2.47. The molecule has 8 rings (SSSR count). The van der Waals surface area contributed by atoms with Crippen LogP contribution in [0.2, 0.25) is 36.3 Å². The average Bonchev–Trinajstić information content (AvgIpc) is 0.778. The van der Waals surface area contributed by atoms with E-state index in [4.69, 9.17) is 154 Å². The number of aliphatic hydroxyl groups excluding tert-OH is 1. The molecule has 13 unspecified atom stereocenters. The number of rotatable bonds is 25. The molecule has 0 bridgehead atoms. The van der Waals surface area contributed by atoms with E-state index in [1.54, 1.807) is 0 Å². The van der Waals surface area contributed by atoms with Gasteiger partial charge in [0.1, 0.15) is 12.2 Å². The number of hydrogen-bond donors (Lipinski definition) is 2. The molecule has 30 atom stereocenters. The third-order valence-corrected chi connectivity index (χ3v) is 33.5. The molecule has 6 heterocycles. The number of hydrogen-bond acceptors (Lipinski definition) is 24. The first-order valence-corrected chi connectivity index (χ1v) is 48.2. The molecule has 2 aromatic carbocycles. The fraction of sp³-hybridized carbons (Fsp3) is 0.812. The van der Waals surface area contributed by atoms with Crippen molar-refractivity contribution in [3.63, 3.8) is 0 Å². The largest absolute Gasteiger partial charge is 0.445 e. The molecule has 674 valence electrons. The van der Waals surface area contributed by atoms with E-state index >= 15 is 0 Å². The van der Waals surface area contributed by atoms with E-state index in [0.717, 1.165) is 24.0 Å². The first-order valence-electron chi connectivity index (χ1n) is 40.2. The Bertz CT molecular complexity index is 3580. The van der Waals surface area contributed by atoms with Gasteiger partial charge in [-0.05, 0) is 145 Å². The zero-order valence-electron chi connectivity index (χ0n) is 72.6. The van der Waals surface area contributed by atoms with Crippen molar-refractivity contribution in [1.82, 2.24) is 0 Å². The van der Waals surface area contributed by atoms with Gasteiger partial charge in [-0.3, -0.25) is 5.41 Å². The number of carbonyl (C=O) groups excluding carboxylic acids is 4. The molecule has 0 aliphatic carbocycles. The predicted molar refractivity (Wildman–Crippen MR) is 459 cm³/mol. The van der Waals surface area contributed by atoms with Crippen LogP contribution in [0.25, 0.3) is 41.8 Å². The highest BCUT2D eigenvalue weighted by atomic mass is 35.6. The molecule has 0 amide bonds. The summed E-state index contributed by atoms with van der Waals surface area (Å²) in [5, 5.41) is 34.7. The number of ether oxygens (including phenoxy) is 12. The Balaban J connectivity index is 0.000000614. The lowest BCUT2D eigenvalue weighted by Crippen LogP contribution is -2.62. The number of benzene rings is 2. The summed E-state index contributed by atoms with van der Waals surface area (Å²) in [4.78, 5) is 44.8. The average molecular weight is 1810 g/mol. The molecule has 0 radical (unpaired) electrons. The third-order valence-electron chi connectivity index (χ3n) is 24.1. The number of aliphatic hydroxyl groups is 1. The lowest BCUT2D eigenvalue weighted by Gasteiger charge is -2.51. The van der Waals surface area contributed by atoms with E-state index in [9.17, 15) is 21.7 Å². The minimum absolute atomic E-state index is 0. The van der Waals surface area contributed by atoms with Crippen LogP contribution in [-0.2, 0) is 98.1 Å². The number of azide groups is 4. The monoisotopic (exact) mass is 1810 g/mol. The predicted octanol–water partition coefficient (Wildman–Crippen LogP) is 20.8. The summed E-state index contributed by atoms with van der Waals surface area (Å²) in [6.45, 7) is 50.5. The van der Waals surface area contributed by atoms with Gasteiger partial charge >= 0.3 is 12.3 Å². The van der Waals surface area contributed by atoms with E-state index in [1.165, 1.54) is 0 Å². The third kappa shape index (κ3) is 31.4. The zero-order valence-corrected chi connectivity index (χ0v) is 78.4. The first-order chi connectivity index (χ1) is 55.3. The van der Waals surface area contributed by atoms with E-state index in [2.05, 4.69) is 156 Å². The van der Waals surface area contributed by atoms with Crippen LogP contribution in [0.1, 0.15) is 183 Å². The second kappa shape index (κ2) is 52.2. The number of alkyl halides is 5. The van der Waals surface area contributed by atoms with Crippen molar-refractivity contribution in [2.24, 2.45) is 67.8 Å². The summed E-state index contributed by atoms with van der Waals surface area (Å²) < 4.78 is 87.8. The Labute approximate surface area is 730 Å². The van der Waals surface area contributed by atoms with Gasteiger partial charge in [-0.15, -0.1) is 23.2 Å². The van der Waals surface area contributed by atoms with E-state index < -0.39 is 137 Å². The topological polar surface area (TPSA) is 437 Å². The van der Waals surface area contributed by atoms with Gasteiger partial charge in [-0.2, -0.15) is 19.2 Å². The van der Waals surface area contributed by atoms with Crippen molar-refractivity contribution in [1.29, 1.82) is 5.41 Å².